The molecule has 1 aliphatic heterocycles. The molecular weight excluding hydrogens is 388 g/mol. The summed E-state index contributed by atoms with van der Waals surface area (Å²) in [5.74, 6) is -0.979. The molecule has 154 valence electrons. The van der Waals surface area contributed by atoms with Gasteiger partial charge in [0.1, 0.15) is 4.88 Å². The van der Waals surface area contributed by atoms with Gasteiger partial charge in [-0.25, -0.2) is 4.79 Å². The van der Waals surface area contributed by atoms with Gasteiger partial charge in [0, 0.05) is 17.3 Å². The number of carbonyl (C=O) groups is 3. The van der Waals surface area contributed by atoms with Gasteiger partial charge in [-0.3, -0.25) is 9.59 Å². The molecule has 0 saturated heterocycles. The molecule has 0 aliphatic carbocycles. The molecule has 0 spiro atoms. The first-order valence-corrected chi connectivity index (χ1v) is 10.8. The monoisotopic (exact) mass is 414 g/mol. The highest BCUT2D eigenvalue weighted by Crippen LogP contribution is 2.31. The van der Waals surface area contributed by atoms with E-state index in [1.165, 1.54) is 21.1 Å². The first-order valence-electron chi connectivity index (χ1n) is 9.94. The van der Waals surface area contributed by atoms with Crippen LogP contribution in [0, 0.1) is 0 Å². The zero-order chi connectivity index (χ0) is 21.0. The quantitative estimate of drug-likeness (QED) is 0.720. The van der Waals surface area contributed by atoms with Crippen molar-refractivity contribution in [2.75, 3.05) is 16.8 Å². The molecule has 1 aromatic carbocycles. The molecule has 29 heavy (non-hydrogen) atoms. The first-order chi connectivity index (χ1) is 13.9. The molecule has 1 atom stereocenters. The molecule has 1 aromatic heterocycles. The molecule has 0 fully saturated rings. The number of fused-ring (bicyclic) bond motifs is 1. The van der Waals surface area contributed by atoms with E-state index < -0.39 is 5.97 Å². The fourth-order valence-corrected chi connectivity index (χ4v) is 4.79. The molecule has 2 heterocycles. The SMILES string of the molecule is CCCc1sc(C(=O)OCC(=O)N2c3ccccc3NC(=O)CC2C)cc1CC. The van der Waals surface area contributed by atoms with Crippen molar-refractivity contribution < 1.29 is 19.1 Å². The van der Waals surface area contributed by atoms with Gasteiger partial charge in [0.2, 0.25) is 5.91 Å². The molecule has 0 bridgehead atoms. The number of nitrogens with zero attached hydrogens (tertiary/aromatic N) is 1. The van der Waals surface area contributed by atoms with E-state index in [4.69, 9.17) is 4.74 Å². The maximum absolute atomic E-state index is 12.9. The third-order valence-corrected chi connectivity index (χ3v) is 6.13. The van der Waals surface area contributed by atoms with Crippen molar-refractivity contribution >= 4 is 40.5 Å². The smallest absolute Gasteiger partial charge is 0.348 e. The number of hydrogen-bond donors (Lipinski definition) is 1. The summed E-state index contributed by atoms with van der Waals surface area (Å²) in [5.41, 5.74) is 2.35. The Morgan fingerprint density at radius 1 is 1.28 bits per heavy atom. The summed E-state index contributed by atoms with van der Waals surface area (Å²) in [5, 5.41) is 2.82. The normalized spacial score (nSPS) is 16.0. The second-order valence-corrected chi connectivity index (χ2v) is 8.26. The maximum atomic E-state index is 12.9. The Hall–Kier alpha value is -2.67. The van der Waals surface area contributed by atoms with Gasteiger partial charge in [-0.1, -0.05) is 32.4 Å². The topological polar surface area (TPSA) is 75.7 Å². The summed E-state index contributed by atoms with van der Waals surface area (Å²) in [6.45, 7) is 5.61. The molecule has 1 unspecified atom stereocenters. The lowest BCUT2D eigenvalue weighted by molar-refractivity contribution is -0.122. The van der Waals surface area contributed by atoms with Crippen LogP contribution in [0.2, 0.25) is 0 Å². The Balaban J connectivity index is 1.73. The van der Waals surface area contributed by atoms with E-state index in [2.05, 4.69) is 19.2 Å². The summed E-state index contributed by atoms with van der Waals surface area (Å²) >= 11 is 1.44. The van der Waals surface area contributed by atoms with E-state index in [1.807, 2.05) is 19.1 Å². The zero-order valence-corrected chi connectivity index (χ0v) is 17.8. The summed E-state index contributed by atoms with van der Waals surface area (Å²) < 4.78 is 5.34. The number of ether oxygens (including phenoxy) is 1. The number of esters is 1. The lowest BCUT2D eigenvalue weighted by Gasteiger charge is -2.27. The van der Waals surface area contributed by atoms with Crippen LogP contribution in [-0.2, 0) is 27.2 Å². The van der Waals surface area contributed by atoms with E-state index in [-0.39, 0.29) is 30.9 Å². The van der Waals surface area contributed by atoms with E-state index in [0.29, 0.717) is 16.3 Å². The van der Waals surface area contributed by atoms with Gasteiger partial charge in [-0.15, -0.1) is 11.3 Å². The van der Waals surface area contributed by atoms with Gasteiger partial charge in [-0.05, 0) is 43.5 Å². The van der Waals surface area contributed by atoms with E-state index in [1.54, 1.807) is 18.2 Å². The molecule has 0 radical (unpaired) electrons. The predicted octanol–water partition coefficient (Wildman–Crippen LogP) is 4.18. The summed E-state index contributed by atoms with van der Waals surface area (Å²) in [6.07, 6.45) is 2.99. The predicted molar refractivity (Wildman–Crippen MR) is 115 cm³/mol. The largest absolute Gasteiger partial charge is 0.451 e. The van der Waals surface area contributed by atoms with Crippen molar-refractivity contribution in [2.24, 2.45) is 0 Å². The number of anilines is 2. The molecule has 1 aliphatic rings. The number of benzene rings is 1. The van der Waals surface area contributed by atoms with Crippen molar-refractivity contribution in [3.05, 3.63) is 45.6 Å². The third-order valence-electron chi connectivity index (χ3n) is 4.91. The average molecular weight is 415 g/mol. The number of thiophene rings is 1. The number of nitrogens with one attached hydrogen (secondary N) is 1. The van der Waals surface area contributed by atoms with Crippen LogP contribution in [0.3, 0.4) is 0 Å². The van der Waals surface area contributed by atoms with Crippen molar-refractivity contribution in [2.45, 2.75) is 52.5 Å². The summed E-state index contributed by atoms with van der Waals surface area (Å²) in [4.78, 5) is 40.7. The van der Waals surface area contributed by atoms with Gasteiger partial charge in [0.05, 0.1) is 11.4 Å². The molecule has 0 saturated carbocycles. The van der Waals surface area contributed by atoms with Crippen molar-refractivity contribution in [3.8, 4) is 0 Å². The number of amides is 2. The lowest BCUT2D eigenvalue weighted by atomic mass is 10.1. The molecule has 2 aromatic rings. The summed E-state index contributed by atoms with van der Waals surface area (Å²) in [7, 11) is 0. The minimum atomic E-state index is -0.481. The highest BCUT2D eigenvalue weighted by molar-refractivity contribution is 7.14. The van der Waals surface area contributed by atoms with E-state index >= 15 is 0 Å². The average Bonchev–Trinajstić information content (AvgIpc) is 3.05. The van der Waals surface area contributed by atoms with Crippen molar-refractivity contribution in [1.29, 1.82) is 0 Å². The second-order valence-electron chi connectivity index (χ2n) is 7.12. The van der Waals surface area contributed by atoms with Crippen LogP contribution in [0.25, 0.3) is 0 Å². The minimum Gasteiger partial charge on any atom is -0.451 e. The number of aryl methyl sites for hydroxylation is 2. The molecule has 3 rings (SSSR count). The molecular formula is C22H26N2O4S. The Bertz CT molecular complexity index is 921. The van der Waals surface area contributed by atoms with Gasteiger partial charge >= 0.3 is 5.97 Å². The Labute approximate surface area is 174 Å². The Kier molecular flexibility index (Phi) is 6.69. The van der Waals surface area contributed by atoms with Crippen LogP contribution in [0.5, 0.6) is 0 Å². The van der Waals surface area contributed by atoms with Gasteiger partial charge in [-0.2, -0.15) is 0 Å². The van der Waals surface area contributed by atoms with E-state index in [0.717, 1.165) is 24.8 Å². The molecule has 1 N–H and O–H groups in total. The van der Waals surface area contributed by atoms with Crippen LogP contribution >= 0.6 is 11.3 Å². The fraction of sp³-hybridized carbons (Fsp3) is 0.409. The van der Waals surface area contributed by atoms with Crippen molar-refractivity contribution in [1.82, 2.24) is 0 Å². The molecule has 6 nitrogen and oxygen atoms in total. The summed E-state index contributed by atoms with van der Waals surface area (Å²) in [6, 6.07) is 8.67. The molecule has 7 heteroatoms. The Morgan fingerprint density at radius 3 is 2.76 bits per heavy atom. The minimum absolute atomic E-state index is 0.147. The fourth-order valence-electron chi connectivity index (χ4n) is 3.54. The van der Waals surface area contributed by atoms with Gasteiger partial charge in [0.15, 0.2) is 6.61 Å². The van der Waals surface area contributed by atoms with Crippen LogP contribution < -0.4 is 10.2 Å². The van der Waals surface area contributed by atoms with Crippen LogP contribution in [0.15, 0.2) is 30.3 Å². The lowest BCUT2D eigenvalue weighted by Crippen LogP contribution is -2.41. The Morgan fingerprint density at radius 2 is 2.03 bits per heavy atom. The second kappa shape index (κ2) is 9.22. The standard InChI is InChI=1S/C22H26N2O4S/c1-4-8-18-15(5-2)12-19(29-18)22(27)28-13-21(26)24-14(3)11-20(25)23-16-9-6-7-10-17(16)24/h6-7,9-10,12,14H,4-5,8,11,13H2,1-3H3,(H,23,25). The van der Waals surface area contributed by atoms with Crippen LogP contribution in [-0.4, -0.2) is 30.4 Å². The van der Waals surface area contributed by atoms with Crippen LogP contribution in [0.1, 0.15) is 53.7 Å². The van der Waals surface area contributed by atoms with Crippen LogP contribution in [0.4, 0.5) is 11.4 Å². The van der Waals surface area contributed by atoms with E-state index in [9.17, 15) is 14.4 Å². The maximum Gasteiger partial charge on any atom is 0.348 e. The highest BCUT2D eigenvalue weighted by Gasteiger charge is 2.30. The van der Waals surface area contributed by atoms with Gasteiger partial charge < -0.3 is 15.0 Å². The number of rotatable bonds is 6. The zero-order valence-electron chi connectivity index (χ0n) is 17.0. The number of carbonyl (C=O) groups excluding carboxylic acids is 3. The molecule has 2 amide bonds. The number of hydrogen-bond acceptors (Lipinski definition) is 5. The highest BCUT2D eigenvalue weighted by atomic mass is 32.1. The van der Waals surface area contributed by atoms with Gasteiger partial charge in [0.25, 0.3) is 5.91 Å². The first kappa shape index (κ1) is 21.0. The third kappa shape index (κ3) is 4.67. The van der Waals surface area contributed by atoms with Crippen molar-refractivity contribution in [3.63, 3.8) is 0 Å². The number of para-hydroxylation sites is 2.